The second-order valence-corrected chi connectivity index (χ2v) is 6.33. The molecule has 0 aromatic heterocycles. The molecule has 0 unspecified atom stereocenters. The molecule has 9 nitrogen and oxygen atoms in total. The van der Waals surface area contributed by atoms with Crippen molar-refractivity contribution >= 4 is 35.9 Å². The van der Waals surface area contributed by atoms with Gasteiger partial charge in [0, 0.05) is 26.3 Å². The monoisotopic (exact) mass is 423 g/mol. The lowest BCUT2D eigenvalue weighted by Crippen LogP contribution is -2.11. The number of carbonyl (C=O) groups is 4. The molecule has 1 heterocycles. The number of rotatable bonds is 5. The number of cyclic esters (lactones) is 1. The van der Waals surface area contributed by atoms with Crippen LogP contribution in [-0.2, 0) is 23.9 Å². The van der Waals surface area contributed by atoms with Crippen LogP contribution in [0.1, 0.15) is 31.9 Å². The summed E-state index contributed by atoms with van der Waals surface area (Å²) in [5.41, 5.74) is 0.876. The number of hydrogen-bond acceptors (Lipinski definition) is 9. The maximum Gasteiger partial charge on any atom is 0.363 e. The van der Waals surface area contributed by atoms with Gasteiger partial charge in [0.25, 0.3) is 0 Å². The van der Waals surface area contributed by atoms with Crippen LogP contribution in [0.15, 0.2) is 53.2 Å². The average Bonchev–Trinajstić information content (AvgIpc) is 3.04. The van der Waals surface area contributed by atoms with Gasteiger partial charge in [-0.2, -0.15) is 0 Å². The smallest absolute Gasteiger partial charge is 0.363 e. The van der Waals surface area contributed by atoms with Crippen LogP contribution in [0.5, 0.6) is 17.2 Å². The second kappa shape index (κ2) is 9.04. The number of ether oxygens (including phenoxy) is 4. The molecule has 158 valence electrons. The molecule has 0 amide bonds. The van der Waals surface area contributed by atoms with Gasteiger partial charge in [0.15, 0.2) is 17.2 Å². The molecular formula is C22H17NO8. The minimum absolute atomic E-state index is 0.0263. The molecule has 0 aliphatic carbocycles. The van der Waals surface area contributed by atoms with Gasteiger partial charge in [-0.1, -0.05) is 18.2 Å². The zero-order chi connectivity index (χ0) is 22.5. The summed E-state index contributed by atoms with van der Waals surface area (Å²) in [7, 11) is 0. The fourth-order valence-corrected chi connectivity index (χ4v) is 2.66. The zero-order valence-electron chi connectivity index (χ0n) is 16.8. The molecule has 0 saturated heterocycles. The summed E-state index contributed by atoms with van der Waals surface area (Å²) in [5.74, 6) is -3.26. The van der Waals surface area contributed by atoms with E-state index in [0.29, 0.717) is 5.56 Å². The molecule has 2 aromatic rings. The van der Waals surface area contributed by atoms with E-state index in [1.807, 2.05) is 6.07 Å². The Balaban J connectivity index is 2.08. The van der Waals surface area contributed by atoms with Crippen molar-refractivity contribution in [3.8, 4) is 17.2 Å². The molecule has 0 atom stereocenters. The molecule has 0 fully saturated rings. The lowest BCUT2D eigenvalue weighted by Gasteiger charge is -2.14. The van der Waals surface area contributed by atoms with Gasteiger partial charge in [-0.05, 0) is 35.9 Å². The zero-order valence-corrected chi connectivity index (χ0v) is 16.8. The average molecular weight is 423 g/mol. The number of aliphatic imine (C=N–C) groups is 1. The highest BCUT2D eigenvalue weighted by atomic mass is 16.6. The van der Waals surface area contributed by atoms with Crippen molar-refractivity contribution in [1.29, 1.82) is 0 Å². The van der Waals surface area contributed by atoms with Crippen LogP contribution in [0.2, 0.25) is 0 Å². The first-order chi connectivity index (χ1) is 14.7. The van der Waals surface area contributed by atoms with E-state index in [1.54, 1.807) is 24.3 Å². The van der Waals surface area contributed by atoms with Gasteiger partial charge in [-0.25, -0.2) is 9.79 Å². The highest BCUT2D eigenvalue weighted by molar-refractivity contribution is 6.12. The maximum atomic E-state index is 12.3. The molecule has 3 rings (SSSR count). The lowest BCUT2D eigenvalue weighted by atomic mass is 10.1. The van der Waals surface area contributed by atoms with Crippen LogP contribution in [0, 0.1) is 0 Å². The Morgan fingerprint density at radius 3 is 1.94 bits per heavy atom. The van der Waals surface area contributed by atoms with Gasteiger partial charge < -0.3 is 18.9 Å². The van der Waals surface area contributed by atoms with Crippen LogP contribution in [0.25, 0.3) is 6.08 Å². The molecule has 2 aromatic carbocycles. The predicted molar refractivity (Wildman–Crippen MR) is 107 cm³/mol. The third kappa shape index (κ3) is 5.41. The van der Waals surface area contributed by atoms with Crippen molar-refractivity contribution in [2.45, 2.75) is 20.8 Å². The van der Waals surface area contributed by atoms with Crippen molar-refractivity contribution in [3.63, 3.8) is 0 Å². The van der Waals surface area contributed by atoms with Crippen LogP contribution < -0.4 is 14.2 Å². The SMILES string of the molecule is CC(=O)Oc1cc(C=C2N=C(c3ccccc3)OC2=O)cc(OC(C)=O)c1OC(C)=O. The van der Waals surface area contributed by atoms with E-state index >= 15 is 0 Å². The summed E-state index contributed by atoms with van der Waals surface area (Å²) >= 11 is 0. The lowest BCUT2D eigenvalue weighted by molar-refractivity contribution is -0.135. The highest BCUT2D eigenvalue weighted by Crippen LogP contribution is 2.40. The van der Waals surface area contributed by atoms with Gasteiger partial charge in [0.1, 0.15) is 0 Å². The third-order valence-corrected chi connectivity index (χ3v) is 3.74. The molecule has 0 N–H and O–H groups in total. The normalized spacial score (nSPS) is 14.0. The number of esters is 4. The van der Waals surface area contributed by atoms with Gasteiger partial charge in [-0.3, -0.25) is 14.4 Å². The Labute approximate surface area is 176 Å². The number of hydrogen-bond donors (Lipinski definition) is 0. The fraction of sp³-hybridized carbons (Fsp3) is 0.136. The summed E-state index contributed by atoms with van der Waals surface area (Å²) in [6.07, 6.45) is 1.36. The second-order valence-electron chi connectivity index (χ2n) is 6.33. The highest BCUT2D eigenvalue weighted by Gasteiger charge is 2.25. The maximum absolute atomic E-state index is 12.3. The molecule has 0 radical (unpaired) electrons. The van der Waals surface area contributed by atoms with Crippen molar-refractivity contribution in [1.82, 2.24) is 0 Å². The molecular weight excluding hydrogens is 406 g/mol. The molecule has 31 heavy (non-hydrogen) atoms. The predicted octanol–water partition coefficient (Wildman–Crippen LogP) is 2.81. The van der Waals surface area contributed by atoms with Crippen molar-refractivity contribution in [3.05, 3.63) is 59.3 Å². The molecule has 1 aliphatic rings. The number of nitrogens with zero attached hydrogens (tertiary/aromatic N) is 1. The first-order valence-electron chi connectivity index (χ1n) is 9.04. The minimum atomic E-state index is -0.718. The largest absolute Gasteiger partial charge is 0.423 e. The Hall–Kier alpha value is -4.27. The van der Waals surface area contributed by atoms with E-state index in [9.17, 15) is 19.2 Å². The molecule has 0 saturated carbocycles. The summed E-state index contributed by atoms with van der Waals surface area (Å²) in [4.78, 5) is 50.9. The van der Waals surface area contributed by atoms with Gasteiger partial charge in [0.2, 0.25) is 11.6 Å². The van der Waals surface area contributed by atoms with Crippen molar-refractivity contribution in [2.24, 2.45) is 4.99 Å². The van der Waals surface area contributed by atoms with E-state index in [2.05, 4.69) is 4.99 Å². The summed E-state index contributed by atoms with van der Waals surface area (Å²) in [5, 5.41) is 0. The molecule has 0 spiro atoms. The first-order valence-corrected chi connectivity index (χ1v) is 9.04. The van der Waals surface area contributed by atoms with Crippen LogP contribution in [0.4, 0.5) is 0 Å². The minimum Gasteiger partial charge on any atom is -0.423 e. The van der Waals surface area contributed by atoms with E-state index < -0.39 is 23.9 Å². The third-order valence-electron chi connectivity index (χ3n) is 3.74. The van der Waals surface area contributed by atoms with Gasteiger partial charge in [-0.15, -0.1) is 0 Å². The molecule has 0 bridgehead atoms. The Kier molecular flexibility index (Phi) is 6.25. The van der Waals surface area contributed by atoms with E-state index in [4.69, 9.17) is 18.9 Å². The topological polar surface area (TPSA) is 118 Å². The standard InChI is InChI=1S/C22H17NO8/c1-12(24)28-18-10-15(11-19(29-13(2)25)20(18)30-14(3)26)9-17-22(27)31-21(23-17)16-7-5-4-6-8-16/h4-11H,1-3H3. The van der Waals surface area contributed by atoms with Gasteiger partial charge >= 0.3 is 23.9 Å². The summed E-state index contributed by atoms with van der Waals surface area (Å²) in [6.45, 7) is 3.44. The Morgan fingerprint density at radius 2 is 1.42 bits per heavy atom. The fourth-order valence-electron chi connectivity index (χ4n) is 2.66. The van der Waals surface area contributed by atoms with Crippen LogP contribution in [-0.4, -0.2) is 29.8 Å². The van der Waals surface area contributed by atoms with Crippen molar-refractivity contribution in [2.75, 3.05) is 0 Å². The van der Waals surface area contributed by atoms with E-state index in [1.165, 1.54) is 18.2 Å². The molecule has 1 aliphatic heterocycles. The molecule has 9 heteroatoms. The first kappa shape index (κ1) is 21.4. The Morgan fingerprint density at radius 1 is 0.871 bits per heavy atom. The van der Waals surface area contributed by atoms with Crippen LogP contribution in [0.3, 0.4) is 0 Å². The van der Waals surface area contributed by atoms with Crippen molar-refractivity contribution < 1.29 is 38.1 Å². The number of carbonyl (C=O) groups excluding carboxylic acids is 4. The van der Waals surface area contributed by atoms with Crippen LogP contribution >= 0.6 is 0 Å². The summed E-state index contributed by atoms with van der Waals surface area (Å²) in [6, 6.07) is 11.5. The quantitative estimate of drug-likeness (QED) is 0.409. The van der Waals surface area contributed by atoms with E-state index in [-0.39, 0.29) is 34.4 Å². The van der Waals surface area contributed by atoms with Gasteiger partial charge in [0.05, 0.1) is 0 Å². The summed E-state index contributed by atoms with van der Waals surface area (Å²) < 4.78 is 20.5. The van der Waals surface area contributed by atoms with E-state index in [0.717, 1.165) is 20.8 Å². The Bertz CT molecular complexity index is 1090. The number of benzene rings is 2.